The normalized spacial score (nSPS) is 14.2. The van der Waals surface area contributed by atoms with Crippen molar-refractivity contribution in [3.8, 4) is 0 Å². The van der Waals surface area contributed by atoms with Crippen LogP contribution in [0.25, 0.3) is 0 Å². The summed E-state index contributed by atoms with van der Waals surface area (Å²) in [5.74, 6) is 0. The van der Waals surface area contributed by atoms with Crippen LogP contribution in [-0.4, -0.2) is 25.1 Å². The van der Waals surface area contributed by atoms with Gasteiger partial charge in [-0.05, 0) is 5.56 Å². The van der Waals surface area contributed by atoms with Gasteiger partial charge in [0.05, 0.1) is 0 Å². The maximum Gasteiger partial charge on any atom is 0.184 e. The summed E-state index contributed by atoms with van der Waals surface area (Å²) in [6.07, 6.45) is 1.22. The highest BCUT2D eigenvalue weighted by Crippen LogP contribution is 2.12. The standard InChI is InChI=1S/C10H13NO2/c1-11(12)8-10(13-2)9-6-4-3-5-7-9/h3-8,10H,1-2H3/b11-8-. The zero-order chi connectivity index (χ0) is 9.68. The smallest absolute Gasteiger partial charge is 0.184 e. The first kappa shape index (κ1) is 9.74. The Labute approximate surface area is 77.9 Å². The summed E-state index contributed by atoms with van der Waals surface area (Å²) in [5, 5.41) is 10.8. The lowest BCUT2D eigenvalue weighted by molar-refractivity contribution is -0.420. The van der Waals surface area contributed by atoms with Gasteiger partial charge >= 0.3 is 0 Å². The van der Waals surface area contributed by atoms with Crippen molar-refractivity contribution in [1.29, 1.82) is 0 Å². The molecule has 0 saturated heterocycles. The molecule has 0 radical (unpaired) electrons. The molecule has 1 aromatic rings. The number of hydrogen-bond acceptors (Lipinski definition) is 2. The molecule has 0 bridgehead atoms. The molecule has 13 heavy (non-hydrogen) atoms. The summed E-state index contributed by atoms with van der Waals surface area (Å²) in [6, 6.07) is 9.61. The zero-order valence-corrected chi connectivity index (χ0v) is 7.81. The molecule has 0 N–H and O–H groups in total. The minimum atomic E-state index is -0.260. The molecule has 70 valence electrons. The lowest BCUT2D eigenvalue weighted by Gasteiger charge is -2.09. The predicted octanol–water partition coefficient (Wildman–Crippen LogP) is 1.58. The lowest BCUT2D eigenvalue weighted by Crippen LogP contribution is -2.09. The quantitative estimate of drug-likeness (QED) is 0.305. The molecular weight excluding hydrogens is 166 g/mol. The van der Waals surface area contributed by atoms with Crippen molar-refractivity contribution in [3.63, 3.8) is 0 Å². The maximum absolute atomic E-state index is 10.8. The van der Waals surface area contributed by atoms with E-state index in [9.17, 15) is 5.21 Å². The van der Waals surface area contributed by atoms with Crippen LogP contribution in [0.2, 0.25) is 0 Å². The highest BCUT2D eigenvalue weighted by Gasteiger charge is 2.09. The minimum Gasteiger partial charge on any atom is -0.624 e. The molecule has 0 aliphatic carbocycles. The Balaban J connectivity index is 2.85. The molecule has 0 heterocycles. The number of methoxy groups -OCH3 is 1. The van der Waals surface area contributed by atoms with Crippen LogP contribution in [0.15, 0.2) is 30.3 Å². The summed E-state index contributed by atoms with van der Waals surface area (Å²) < 4.78 is 5.90. The van der Waals surface area contributed by atoms with Crippen molar-refractivity contribution in [2.45, 2.75) is 6.10 Å². The van der Waals surface area contributed by atoms with Crippen LogP contribution in [0.5, 0.6) is 0 Å². The van der Waals surface area contributed by atoms with Gasteiger partial charge < -0.3 is 9.94 Å². The number of hydroxylamine groups is 1. The molecule has 0 aromatic heterocycles. The number of ether oxygens (including phenoxy) is 1. The van der Waals surface area contributed by atoms with E-state index in [1.807, 2.05) is 30.3 Å². The van der Waals surface area contributed by atoms with Gasteiger partial charge in [0.2, 0.25) is 0 Å². The van der Waals surface area contributed by atoms with E-state index in [0.717, 1.165) is 10.3 Å². The summed E-state index contributed by atoms with van der Waals surface area (Å²) in [7, 11) is 3.02. The Bertz CT molecular complexity index is 278. The molecule has 3 nitrogen and oxygen atoms in total. The number of rotatable bonds is 3. The molecule has 0 amide bonds. The first-order valence-electron chi connectivity index (χ1n) is 4.06. The molecule has 0 saturated carbocycles. The Morgan fingerprint density at radius 3 is 2.46 bits per heavy atom. The fourth-order valence-corrected chi connectivity index (χ4v) is 1.12. The molecule has 1 rings (SSSR count). The summed E-state index contributed by atoms with van der Waals surface area (Å²) in [5.41, 5.74) is 0.979. The van der Waals surface area contributed by atoms with Gasteiger partial charge in [-0.25, -0.2) is 4.74 Å². The van der Waals surface area contributed by atoms with E-state index < -0.39 is 0 Å². The van der Waals surface area contributed by atoms with Crippen LogP contribution >= 0.6 is 0 Å². The van der Waals surface area contributed by atoms with Crippen LogP contribution in [-0.2, 0) is 4.74 Å². The largest absolute Gasteiger partial charge is 0.624 e. The number of benzene rings is 1. The van der Waals surface area contributed by atoms with E-state index in [4.69, 9.17) is 4.74 Å². The third-order valence-electron chi connectivity index (χ3n) is 1.73. The SMILES string of the molecule is COC(/C=[N+](/C)[O-])c1ccccc1. The zero-order valence-electron chi connectivity index (χ0n) is 7.81. The first-order valence-corrected chi connectivity index (χ1v) is 4.06. The fraction of sp³-hybridized carbons (Fsp3) is 0.300. The second-order valence-electron chi connectivity index (χ2n) is 2.76. The van der Waals surface area contributed by atoms with E-state index in [2.05, 4.69) is 0 Å². The molecule has 1 unspecified atom stereocenters. The third kappa shape index (κ3) is 2.87. The number of hydrogen-bond donors (Lipinski definition) is 0. The predicted molar refractivity (Wildman–Crippen MR) is 51.8 cm³/mol. The van der Waals surface area contributed by atoms with Crippen molar-refractivity contribution in [2.75, 3.05) is 14.2 Å². The van der Waals surface area contributed by atoms with E-state index in [1.54, 1.807) is 7.11 Å². The van der Waals surface area contributed by atoms with Crippen molar-refractivity contribution in [3.05, 3.63) is 41.1 Å². The second-order valence-corrected chi connectivity index (χ2v) is 2.76. The van der Waals surface area contributed by atoms with Crippen molar-refractivity contribution in [1.82, 2.24) is 0 Å². The van der Waals surface area contributed by atoms with Gasteiger partial charge in [0.1, 0.15) is 7.05 Å². The van der Waals surface area contributed by atoms with Gasteiger partial charge in [-0.15, -0.1) is 0 Å². The molecule has 3 heteroatoms. The summed E-state index contributed by atoms with van der Waals surface area (Å²) in [6.45, 7) is 0. The molecule has 0 aliphatic heterocycles. The van der Waals surface area contributed by atoms with Crippen LogP contribution in [0.3, 0.4) is 0 Å². The molecule has 0 fully saturated rings. The molecule has 0 spiro atoms. The molecular formula is C10H13NO2. The van der Waals surface area contributed by atoms with Gasteiger partial charge in [0.25, 0.3) is 0 Å². The van der Waals surface area contributed by atoms with E-state index >= 15 is 0 Å². The number of nitrogens with zero attached hydrogens (tertiary/aromatic N) is 1. The Morgan fingerprint density at radius 2 is 2.00 bits per heavy atom. The summed E-state index contributed by atoms with van der Waals surface area (Å²) in [4.78, 5) is 0. The Hall–Kier alpha value is -1.35. The average molecular weight is 179 g/mol. The molecule has 1 atom stereocenters. The minimum absolute atomic E-state index is 0.260. The van der Waals surface area contributed by atoms with Gasteiger partial charge in [-0.3, -0.25) is 0 Å². The third-order valence-corrected chi connectivity index (χ3v) is 1.73. The lowest BCUT2D eigenvalue weighted by atomic mass is 10.1. The first-order chi connectivity index (χ1) is 6.24. The van der Waals surface area contributed by atoms with Gasteiger partial charge in [0, 0.05) is 7.11 Å². The maximum atomic E-state index is 10.8. The van der Waals surface area contributed by atoms with Crippen LogP contribution < -0.4 is 0 Å². The van der Waals surface area contributed by atoms with Crippen molar-refractivity contribution in [2.24, 2.45) is 0 Å². The highest BCUT2D eigenvalue weighted by atomic mass is 16.5. The van der Waals surface area contributed by atoms with Gasteiger partial charge in [-0.1, -0.05) is 30.3 Å². The van der Waals surface area contributed by atoms with Gasteiger partial charge in [0.15, 0.2) is 12.3 Å². The van der Waals surface area contributed by atoms with Crippen molar-refractivity contribution >= 4 is 6.21 Å². The van der Waals surface area contributed by atoms with Crippen LogP contribution in [0.4, 0.5) is 0 Å². The van der Waals surface area contributed by atoms with Gasteiger partial charge in [-0.2, -0.15) is 0 Å². The van der Waals surface area contributed by atoms with E-state index in [0.29, 0.717) is 0 Å². The Morgan fingerprint density at radius 1 is 1.38 bits per heavy atom. The average Bonchev–Trinajstić information content (AvgIpc) is 2.15. The van der Waals surface area contributed by atoms with Crippen LogP contribution in [0, 0.1) is 5.21 Å². The molecule has 0 aliphatic rings. The van der Waals surface area contributed by atoms with E-state index in [1.165, 1.54) is 13.3 Å². The monoisotopic (exact) mass is 179 g/mol. The highest BCUT2D eigenvalue weighted by molar-refractivity contribution is 5.61. The Kier molecular flexibility index (Phi) is 3.46. The fourth-order valence-electron chi connectivity index (χ4n) is 1.12. The molecule has 1 aromatic carbocycles. The van der Waals surface area contributed by atoms with Crippen LogP contribution in [0.1, 0.15) is 11.7 Å². The summed E-state index contributed by atoms with van der Waals surface area (Å²) >= 11 is 0. The topological polar surface area (TPSA) is 35.3 Å². The van der Waals surface area contributed by atoms with E-state index in [-0.39, 0.29) is 6.10 Å². The second kappa shape index (κ2) is 4.62. The van der Waals surface area contributed by atoms with Crippen molar-refractivity contribution < 1.29 is 9.48 Å².